The van der Waals surface area contributed by atoms with Crippen LogP contribution in [0.25, 0.3) is 11.1 Å². The Morgan fingerprint density at radius 3 is 2.41 bits per heavy atom. The number of nitrogens with one attached hydrogen (secondary N) is 1. The van der Waals surface area contributed by atoms with Crippen LogP contribution in [0, 0.1) is 0 Å². The summed E-state index contributed by atoms with van der Waals surface area (Å²) in [6, 6.07) is 19.3. The first-order valence-electron chi connectivity index (χ1n) is 9.75. The summed E-state index contributed by atoms with van der Waals surface area (Å²) in [5, 5.41) is 2.92. The molecule has 0 fully saturated rings. The first-order chi connectivity index (χ1) is 14.1. The van der Waals surface area contributed by atoms with Crippen LogP contribution in [0.3, 0.4) is 0 Å². The van der Waals surface area contributed by atoms with E-state index in [4.69, 9.17) is 4.74 Å². The molecule has 0 saturated carbocycles. The van der Waals surface area contributed by atoms with Crippen molar-refractivity contribution in [2.24, 2.45) is 0 Å². The SMILES string of the molecule is CCOC(=O)c1cccc(CC)c1NC(=O)C[n+]1cccc(-c2ccccc2)c1. The Bertz CT molecular complexity index is 1000. The summed E-state index contributed by atoms with van der Waals surface area (Å²) < 4.78 is 6.97. The standard InChI is InChI=1S/C24H24N2O3/c1-3-18-12-8-14-21(24(28)29-4-2)23(18)25-22(27)17-26-15-9-13-20(16-26)19-10-6-5-7-11-19/h5-16H,3-4,17H2,1-2H3/p+1. The fraction of sp³-hybridized carbons (Fsp3) is 0.208. The maximum atomic E-state index is 12.7. The zero-order chi connectivity index (χ0) is 20.6. The number of ether oxygens (including phenoxy) is 1. The van der Waals surface area contributed by atoms with Gasteiger partial charge in [-0.25, -0.2) is 4.79 Å². The fourth-order valence-corrected chi connectivity index (χ4v) is 3.19. The molecule has 0 unspecified atom stereocenters. The topological polar surface area (TPSA) is 59.3 Å². The number of hydrogen-bond acceptors (Lipinski definition) is 3. The normalized spacial score (nSPS) is 10.4. The van der Waals surface area contributed by atoms with Crippen molar-refractivity contribution < 1.29 is 18.9 Å². The molecule has 1 heterocycles. The van der Waals surface area contributed by atoms with Crippen molar-refractivity contribution in [2.45, 2.75) is 26.8 Å². The van der Waals surface area contributed by atoms with Gasteiger partial charge in [0.25, 0.3) is 5.91 Å². The first-order valence-corrected chi connectivity index (χ1v) is 9.75. The van der Waals surface area contributed by atoms with Gasteiger partial charge in [0.2, 0.25) is 6.54 Å². The molecule has 5 nitrogen and oxygen atoms in total. The van der Waals surface area contributed by atoms with Gasteiger partial charge >= 0.3 is 5.97 Å². The number of hydrogen-bond donors (Lipinski definition) is 1. The van der Waals surface area contributed by atoms with Crippen LogP contribution in [0.2, 0.25) is 0 Å². The zero-order valence-electron chi connectivity index (χ0n) is 16.7. The molecule has 1 N–H and O–H groups in total. The van der Waals surface area contributed by atoms with Gasteiger partial charge in [-0.05, 0) is 36.6 Å². The number of aromatic nitrogens is 1. The van der Waals surface area contributed by atoms with Gasteiger partial charge in [-0.3, -0.25) is 4.79 Å². The number of esters is 1. The van der Waals surface area contributed by atoms with Crippen LogP contribution >= 0.6 is 0 Å². The van der Waals surface area contributed by atoms with Gasteiger partial charge in [0.1, 0.15) is 0 Å². The molecule has 2 aromatic carbocycles. The smallest absolute Gasteiger partial charge is 0.340 e. The van der Waals surface area contributed by atoms with E-state index >= 15 is 0 Å². The van der Waals surface area contributed by atoms with E-state index in [-0.39, 0.29) is 19.1 Å². The van der Waals surface area contributed by atoms with E-state index in [0.29, 0.717) is 17.7 Å². The largest absolute Gasteiger partial charge is 0.462 e. The maximum Gasteiger partial charge on any atom is 0.340 e. The summed E-state index contributed by atoms with van der Waals surface area (Å²) >= 11 is 0. The Balaban J connectivity index is 1.80. The van der Waals surface area contributed by atoms with Gasteiger partial charge in [0.05, 0.1) is 17.9 Å². The molecule has 3 aromatic rings. The molecule has 1 amide bonds. The van der Waals surface area contributed by atoms with Crippen LogP contribution in [0.5, 0.6) is 0 Å². The fourth-order valence-electron chi connectivity index (χ4n) is 3.19. The second-order valence-corrected chi connectivity index (χ2v) is 6.59. The third-order valence-electron chi connectivity index (χ3n) is 4.58. The van der Waals surface area contributed by atoms with E-state index < -0.39 is 5.97 Å². The Kier molecular flexibility index (Phi) is 6.74. The molecule has 29 heavy (non-hydrogen) atoms. The molecule has 3 rings (SSSR count). The predicted octanol–water partition coefficient (Wildman–Crippen LogP) is 4.02. The molecule has 0 radical (unpaired) electrons. The quantitative estimate of drug-likeness (QED) is 0.490. The Morgan fingerprint density at radius 2 is 1.69 bits per heavy atom. The average Bonchev–Trinajstić information content (AvgIpc) is 2.74. The molecule has 0 aliphatic heterocycles. The minimum absolute atomic E-state index is 0.140. The number of rotatable bonds is 7. The highest BCUT2D eigenvalue weighted by Gasteiger charge is 2.19. The van der Waals surface area contributed by atoms with Crippen LogP contribution in [0.15, 0.2) is 73.1 Å². The highest BCUT2D eigenvalue weighted by molar-refractivity contribution is 6.02. The van der Waals surface area contributed by atoms with Crippen LogP contribution < -0.4 is 9.88 Å². The average molecular weight is 389 g/mol. The molecule has 5 heteroatoms. The molecular formula is C24H25N2O3+. The van der Waals surface area contributed by atoms with Crippen molar-refractivity contribution >= 4 is 17.6 Å². The summed E-state index contributed by atoms with van der Waals surface area (Å²) in [5.74, 6) is -0.636. The lowest BCUT2D eigenvalue weighted by Gasteiger charge is -2.13. The van der Waals surface area contributed by atoms with E-state index in [1.54, 1.807) is 19.1 Å². The van der Waals surface area contributed by atoms with Crippen molar-refractivity contribution in [2.75, 3.05) is 11.9 Å². The van der Waals surface area contributed by atoms with Crippen LogP contribution in [-0.4, -0.2) is 18.5 Å². The lowest BCUT2D eigenvalue weighted by molar-refractivity contribution is -0.683. The van der Waals surface area contributed by atoms with E-state index in [9.17, 15) is 9.59 Å². The van der Waals surface area contributed by atoms with E-state index in [0.717, 1.165) is 16.7 Å². The third kappa shape index (κ3) is 5.08. The van der Waals surface area contributed by atoms with E-state index in [2.05, 4.69) is 5.32 Å². The monoisotopic (exact) mass is 389 g/mol. The van der Waals surface area contributed by atoms with Crippen molar-refractivity contribution in [1.82, 2.24) is 0 Å². The third-order valence-corrected chi connectivity index (χ3v) is 4.58. The lowest BCUT2D eigenvalue weighted by atomic mass is 10.0. The molecule has 0 aliphatic carbocycles. The van der Waals surface area contributed by atoms with Crippen LogP contribution in [0.1, 0.15) is 29.8 Å². The number of benzene rings is 2. The number of aryl methyl sites for hydroxylation is 1. The Hall–Kier alpha value is -3.47. The summed E-state index contributed by atoms with van der Waals surface area (Å²) in [6.45, 7) is 4.17. The van der Waals surface area contributed by atoms with Gasteiger partial charge in [0, 0.05) is 11.6 Å². The highest BCUT2D eigenvalue weighted by atomic mass is 16.5. The number of pyridine rings is 1. The summed E-state index contributed by atoms with van der Waals surface area (Å²) in [4.78, 5) is 25.0. The summed E-state index contributed by atoms with van der Waals surface area (Å²) in [5.41, 5.74) is 3.91. The van der Waals surface area contributed by atoms with Crippen molar-refractivity contribution in [3.05, 3.63) is 84.2 Å². The molecule has 148 valence electrons. The molecule has 0 atom stereocenters. The molecule has 1 aromatic heterocycles. The second kappa shape index (κ2) is 9.64. The highest BCUT2D eigenvalue weighted by Crippen LogP contribution is 2.23. The van der Waals surface area contributed by atoms with Crippen molar-refractivity contribution in [1.29, 1.82) is 0 Å². The molecule has 0 spiro atoms. The van der Waals surface area contributed by atoms with Gasteiger partial charge in [-0.15, -0.1) is 0 Å². The Labute approximate surface area is 171 Å². The van der Waals surface area contributed by atoms with Gasteiger partial charge < -0.3 is 10.1 Å². The first kappa shape index (κ1) is 20.3. The van der Waals surface area contributed by atoms with Crippen LogP contribution in [-0.2, 0) is 22.5 Å². The van der Waals surface area contributed by atoms with Crippen molar-refractivity contribution in [3.63, 3.8) is 0 Å². The number of amides is 1. The van der Waals surface area contributed by atoms with Crippen LogP contribution in [0.4, 0.5) is 5.69 Å². The molecule has 0 bridgehead atoms. The minimum atomic E-state index is -0.433. The summed E-state index contributed by atoms with van der Waals surface area (Å²) in [7, 11) is 0. The van der Waals surface area contributed by atoms with E-state index in [1.807, 2.05) is 72.4 Å². The van der Waals surface area contributed by atoms with Gasteiger partial charge in [-0.2, -0.15) is 4.57 Å². The van der Waals surface area contributed by atoms with E-state index in [1.165, 1.54) is 0 Å². The maximum absolute atomic E-state index is 12.7. The predicted molar refractivity (Wildman–Crippen MR) is 112 cm³/mol. The molecular weight excluding hydrogens is 364 g/mol. The zero-order valence-corrected chi connectivity index (χ0v) is 16.7. The number of nitrogens with zero attached hydrogens (tertiary/aromatic N) is 1. The number of carbonyl (C=O) groups is 2. The summed E-state index contributed by atoms with van der Waals surface area (Å²) in [6.07, 6.45) is 4.48. The van der Waals surface area contributed by atoms with Gasteiger partial charge in [0.15, 0.2) is 12.4 Å². The number of carbonyl (C=O) groups excluding carboxylic acids is 2. The second-order valence-electron chi connectivity index (χ2n) is 6.59. The van der Waals surface area contributed by atoms with Gasteiger partial charge in [-0.1, -0.05) is 49.4 Å². The Morgan fingerprint density at radius 1 is 0.931 bits per heavy atom. The lowest BCUT2D eigenvalue weighted by Crippen LogP contribution is -2.40. The molecule has 0 saturated heterocycles. The number of para-hydroxylation sites is 1. The minimum Gasteiger partial charge on any atom is -0.462 e. The van der Waals surface area contributed by atoms with Crippen molar-refractivity contribution in [3.8, 4) is 11.1 Å². The molecule has 0 aliphatic rings. The number of anilines is 1.